The summed E-state index contributed by atoms with van der Waals surface area (Å²) in [6.07, 6.45) is 14.0. The Kier molecular flexibility index (Phi) is 7.19. The minimum atomic E-state index is -0.684. The van der Waals surface area contributed by atoms with Gasteiger partial charge in [0.05, 0.1) is 0 Å². The van der Waals surface area contributed by atoms with Crippen LogP contribution < -0.4 is 0 Å². The number of hydrogen-bond donors (Lipinski definition) is 0. The third-order valence-corrected chi connectivity index (χ3v) is 5.87. The molecule has 0 heterocycles. The zero-order chi connectivity index (χ0) is 19.9. The first-order chi connectivity index (χ1) is 13.6. The second kappa shape index (κ2) is 9.82. The maximum absolute atomic E-state index is 14.9. The topological polar surface area (TPSA) is 0 Å². The first-order valence-electron chi connectivity index (χ1n) is 10.5. The van der Waals surface area contributed by atoms with Crippen molar-refractivity contribution in [3.63, 3.8) is 0 Å². The van der Waals surface area contributed by atoms with E-state index in [4.69, 9.17) is 0 Å². The van der Waals surface area contributed by atoms with Gasteiger partial charge in [-0.15, -0.1) is 0 Å². The number of fused-ring (bicyclic) bond motifs is 1. The zero-order valence-electron chi connectivity index (χ0n) is 16.9. The average Bonchev–Trinajstić information content (AvgIpc) is 2.73. The normalized spacial score (nSPS) is 21.6. The van der Waals surface area contributed by atoms with Crippen molar-refractivity contribution >= 4 is 22.7 Å². The van der Waals surface area contributed by atoms with Gasteiger partial charge in [0.1, 0.15) is 5.83 Å². The Morgan fingerprint density at radius 2 is 1.64 bits per heavy atom. The lowest BCUT2D eigenvalue weighted by atomic mass is 9.79. The zero-order valence-corrected chi connectivity index (χ0v) is 16.9. The molecular weight excluding hydrogens is 350 g/mol. The van der Waals surface area contributed by atoms with Gasteiger partial charge in [0.25, 0.3) is 0 Å². The Morgan fingerprint density at radius 1 is 0.929 bits per heavy atom. The van der Waals surface area contributed by atoms with Crippen LogP contribution in [0.25, 0.3) is 22.7 Å². The fraction of sp³-hybridized carbons (Fsp3) is 0.385. The summed E-state index contributed by atoms with van der Waals surface area (Å²) in [5.74, 6) is -0.866. The fourth-order valence-electron chi connectivity index (χ4n) is 4.22. The predicted molar refractivity (Wildman–Crippen MR) is 117 cm³/mol. The Balaban J connectivity index is 1.72. The molecule has 1 fully saturated rings. The summed E-state index contributed by atoms with van der Waals surface area (Å²) in [4.78, 5) is 0. The standard InChI is InChI=1S/C26H30F2/c1-3-5-6-8-19-9-12-21(13-10-19)25(27)26(28)24-16-15-22-17-20(7-4-2)11-14-23(22)18-24/h3-5,7,11,14-19,21H,6,8-10,12-13H2,1-2H3/b5-3+,7-4+,26-25?. The van der Waals surface area contributed by atoms with E-state index in [0.717, 1.165) is 54.9 Å². The van der Waals surface area contributed by atoms with Crippen molar-refractivity contribution in [1.82, 2.24) is 0 Å². The molecule has 0 radical (unpaired) electrons. The van der Waals surface area contributed by atoms with Gasteiger partial charge in [0, 0.05) is 11.5 Å². The van der Waals surface area contributed by atoms with E-state index >= 15 is 0 Å². The molecule has 28 heavy (non-hydrogen) atoms. The van der Waals surface area contributed by atoms with Gasteiger partial charge in [-0.2, -0.15) is 0 Å². The maximum Gasteiger partial charge on any atom is 0.162 e. The highest BCUT2D eigenvalue weighted by atomic mass is 19.2. The van der Waals surface area contributed by atoms with Crippen LogP contribution in [0, 0.1) is 11.8 Å². The minimum Gasteiger partial charge on any atom is -0.208 e. The van der Waals surface area contributed by atoms with E-state index in [1.54, 1.807) is 12.1 Å². The van der Waals surface area contributed by atoms with Crippen LogP contribution in [0.1, 0.15) is 63.5 Å². The molecule has 0 aromatic heterocycles. The van der Waals surface area contributed by atoms with Gasteiger partial charge in [0.15, 0.2) is 5.83 Å². The molecule has 3 rings (SSSR count). The molecule has 2 heteroatoms. The Morgan fingerprint density at radius 3 is 2.36 bits per heavy atom. The molecular formula is C26H30F2. The quantitative estimate of drug-likeness (QED) is 0.440. The van der Waals surface area contributed by atoms with Gasteiger partial charge in [-0.3, -0.25) is 0 Å². The molecule has 0 spiro atoms. The van der Waals surface area contributed by atoms with Crippen LogP contribution in [0.4, 0.5) is 8.78 Å². The van der Waals surface area contributed by atoms with Crippen LogP contribution in [-0.2, 0) is 0 Å². The summed E-state index contributed by atoms with van der Waals surface area (Å²) in [5, 5.41) is 1.97. The molecule has 1 aliphatic carbocycles. The summed E-state index contributed by atoms with van der Waals surface area (Å²) in [7, 11) is 0. The summed E-state index contributed by atoms with van der Waals surface area (Å²) in [5.41, 5.74) is 1.45. The summed E-state index contributed by atoms with van der Waals surface area (Å²) in [6.45, 7) is 4.01. The summed E-state index contributed by atoms with van der Waals surface area (Å²) >= 11 is 0. The van der Waals surface area contributed by atoms with Crippen molar-refractivity contribution in [2.75, 3.05) is 0 Å². The van der Waals surface area contributed by atoms with Gasteiger partial charge in [-0.1, -0.05) is 48.6 Å². The lowest BCUT2D eigenvalue weighted by Gasteiger charge is -2.27. The van der Waals surface area contributed by atoms with Crippen LogP contribution in [-0.4, -0.2) is 0 Å². The molecule has 0 aliphatic heterocycles. The van der Waals surface area contributed by atoms with Gasteiger partial charge >= 0.3 is 0 Å². The van der Waals surface area contributed by atoms with Crippen LogP contribution in [0.2, 0.25) is 0 Å². The second-order valence-electron chi connectivity index (χ2n) is 7.85. The molecule has 0 unspecified atom stereocenters. The molecule has 0 saturated heterocycles. The number of halogens is 2. The van der Waals surface area contributed by atoms with Gasteiger partial charge in [-0.25, -0.2) is 8.78 Å². The molecule has 1 aliphatic rings. The molecule has 0 nitrogen and oxygen atoms in total. The van der Waals surface area contributed by atoms with Crippen LogP contribution in [0.15, 0.2) is 60.5 Å². The number of rotatable bonds is 6. The minimum absolute atomic E-state index is 0.272. The number of benzene rings is 2. The van der Waals surface area contributed by atoms with E-state index in [1.165, 1.54) is 0 Å². The van der Waals surface area contributed by atoms with E-state index < -0.39 is 11.7 Å². The molecule has 2 aromatic rings. The van der Waals surface area contributed by atoms with E-state index in [1.807, 2.05) is 44.2 Å². The summed E-state index contributed by atoms with van der Waals surface area (Å²) < 4.78 is 29.7. The molecule has 2 aromatic carbocycles. The molecule has 0 atom stereocenters. The average molecular weight is 381 g/mol. The van der Waals surface area contributed by atoms with E-state index in [2.05, 4.69) is 18.2 Å². The largest absolute Gasteiger partial charge is 0.208 e. The smallest absolute Gasteiger partial charge is 0.162 e. The molecule has 148 valence electrons. The van der Waals surface area contributed by atoms with Crippen molar-refractivity contribution in [2.45, 2.75) is 52.4 Å². The lowest BCUT2D eigenvalue weighted by molar-refractivity contribution is 0.263. The highest BCUT2D eigenvalue weighted by Crippen LogP contribution is 2.39. The fourth-order valence-corrected chi connectivity index (χ4v) is 4.22. The first kappa shape index (κ1) is 20.5. The third kappa shape index (κ3) is 4.98. The third-order valence-electron chi connectivity index (χ3n) is 5.87. The Bertz CT molecular complexity index is 880. The molecule has 1 saturated carbocycles. The maximum atomic E-state index is 14.9. The van der Waals surface area contributed by atoms with Gasteiger partial charge in [-0.05, 0) is 86.8 Å². The Hall–Kier alpha value is -2.22. The van der Waals surface area contributed by atoms with Crippen molar-refractivity contribution in [1.29, 1.82) is 0 Å². The molecule has 0 bridgehead atoms. The monoisotopic (exact) mass is 380 g/mol. The lowest BCUT2D eigenvalue weighted by Crippen LogP contribution is -2.15. The van der Waals surface area contributed by atoms with Crippen molar-refractivity contribution in [2.24, 2.45) is 11.8 Å². The van der Waals surface area contributed by atoms with E-state index in [0.29, 0.717) is 11.5 Å². The van der Waals surface area contributed by atoms with E-state index in [-0.39, 0.29) is 5.92 Å². The number of allylic oxidation sites excluding steroid dienone is 4. The first-order valence-corrected chi connectivity index (χ1v) is 10.5. The number of hydrogen-bond acceptors (Lipinski definition) is 0. The van der Waals surface area contributed by atoms with Gasteiger partial charge < -0.3 is 0 Å². The van der Waals surface area contributed by atoms with Crippen molar-refractivity contribution in [3.05, 3.63) is 71.6 Å². The van der Waals surface area contributed by atoms with Crippen LogP contribution in [0.5, 0.6) is 0 Å². The second-order valence-corrected chi connectivity index (χ2v) is 7.85. The van der Waals surface area contributed by atoms with Crippen LogP contribution >= 0.6 is 0 Å². The SMILES string of the molecule is C/C=C/CCC1CCC(C(F)=C(F)c2ccc3cc(/C=C/C)ccc3c2)CC1. The van der Waals surface area contributed by atoms with Gasteiger partial charge in [0.2, 0.25) is 0 Å². The van der Waals surface area contributed by atoms with Crippen molar-refractivity contribution < 1.29 is 8.78 Å². The molecule has 0 amide bonds. The van der Waals surface area contributed by atoms with Crippen LogP contribution in [0.3, 0.4) is 0 Å². The van der Waals surface area contributed by atoms with E-state index in [9.17, 15) is 8.78 Å². The predicted octanol–water partition coefficient (Wildman–Crippen LogP) is 8.64. The Labute approximate surface area is 167 Å². The highest BCUT2D eigenvalue weighted by Gasteiger charge is 2.26. The highest BCUT2D eigenvalue weighted by molar-refractivity contribution is 5.87. The van der Waals surface area contributed by atoms with Crippen molar-refractivity contribution in [3.8, 4) is 0 Å². The molecule has 0 N–H and O–H groups in total. The summed E-state index contributed by atoms with van der Waals surface area (Å²) in [6, 6.07) is 11.4.